The van der Waals surface area contributed by atoms with Crippen molar-refractivity contribution in [1.29, 1.82) is 0 Å². The zero-order valence-corrected chi connectivity index (χ0v) is 40.7. The molecule has 0 saturated carbocycles. The lowest BCUT2D eigenvalue weighted by Crippen LogP contribution is -2.28. The molecule has 75 heavy (non-hydrogen) atoms. The van der Waals surface area contributed by atoms with Crippen molar-refractivity contribution in [2.75, 3.05) is 0 Å². The SMILES string of the molecule is c1ccc(C2(c3ccccc3)c3ccccc3-c3ccc(-c4ccc5oc6c(ccc7c8cc(-c9cccc(-c%10cccc(-c%11ccc%12c%13ccccc%13c%13ccccc%13c%12c%11)c%10)c9)ccc8oc76)c5c4)cc32)cc1. The van der Waals surface area contributed by atoms with Gasteiger partial charge in [-0.1, -0.05) is 206 Å². The van der Waals surface area contributed by atoms with E-state index in [1.165, 1.54) is 88.0 Å². The van der Waals surface area contributed by atoms with Gasteiger partial charge in [0.15, 0.2) is 11.2 Å². The Balaban J connectivity index is 0.752. The molecule has 348 valence electrons. The van der Waals surface area contributed by atoms with Crippen LogP contribution in [0.5, 0.6) is 0 Å². The van der Waals surface area contributed by atoms with Crippen molar-refractivity contribution in [2.24, 2.45) is 0 Å². The van der Waals surface area contributed by atoms with E-state index in [0.29, 0.717) is 0 Å². The van der Waals surface area contributed by atoms with E-state index in [4.69, 9.17) is 8.83 Å². The topological polar surface area (TPSA) is 26.3 Å². The Morgan fingerprint density at radius 3 is 1.12 bits per heavy atom. The van der Waals surface area contributed by atoms with Gasteiger partial charge >= 0.3 is 0 Å². The molecule has 0 aliphatic heterocycles. The Morgan fingerprint density at radius 1 is 0.213 bits per heavy atom. The van der Waals surface area contributed by atoms with Gasteiger partial charge < -0.3 is 8.83 Å². The third-order valence-electron chi connectivity index (χ3n) is 16.3. The van der Waals surface area contributed by atoms with Crippen LogP contribution in [0.4, 0.5) is 0 Å². The molecule has 0 bridgehead atoms. The van der Waals surface area contributed by atoms with Crippen molar-refractivity contribution in [3.8, 4) is 55.6 Å². The highest BCUT2D eigenvalue weighted by Gasteiger charge is 2.46. The highest BCUT2D eigenvalue weighted by atomic mass is 16.4. The van der Waals surface area contributed by atoms with Crippen LogP contribution in [-0.4, -0.2) is 0 Å². The fourth-order valence-electron chi connectivity index (χ4n) is 12.9. The number of hydrogen-bond acceptors (Lipinski definition) is 2. The summed E-state index contributed by atoms with van der Waals surface area (Å²) in [7, 11) is 0. The predicted molar refractivity (Wildman–Crippen MR) is 313 cm³/mol. The van der Waals surface area contributed by atoms with Gasteiger partial charge in [0.2, 0.25) is 0 Å². The lowest BCUT2D eigenvalue weighted by atomic mass is 9.67. The monoisotopic (exact) mass is 952 g/mol. The molecule has 0 saturated heterocycles. The van der Waals surface area contributed by atoms with E-state index in [9.17, 15) is 0 Å². The first-order valence-corrected chi connectivity index (χ1v) is 25.9. The third-order valence-corrected chi connectivity index (χ3v) is 16.3. The summed E-state index contributed by atoms with van der Waals surface area (Å²) < 4.78 is 13.5. The Morgan fingerprint density at radius 2 is 0.587 bits per heavy atom. The molecule has 0 atom stereocenters. The number of fused-ring (bicyclic) bond motifs is 16. The van der Waals surface area contributed by atoms with Gasteiger partial charge in [0.05, 0.1) is 5.41 Å². The molecule has 2 aromatic heterocycles. The first-order chi connectivity index (χ1) is 37.2. The second-order valence-electron chi connectivity index (χ2n) is 20.2. The second-order valence-corrected chi connectivity index (χ2v) is 20.2. The van der Waals surface area contributed by atoms with Gasteiger partial charge in [0.1, 0.15) is 11.2 Å². The van der Waals surface area contributed by atoms with Crippen LogP contribution in [-0.2, 0) is 5.41 Å². The highest BCUT2D eigenvalue weighted by molar-refractivity contribution is 6.26. The molecule has 0 spiro atoms. The normalized spacial score (nSPS) is 12.9. The summed E-state index contributed by atoms with van der Waals surface area (Å²) in [6.07, 6.45) is 0. The van der Waals surface area contributed by atoms with E-state index in [0.717, 1.165) is 66.1 Å². The summed E-state index contributed by atoms with van der Waals surface area (Å²) >= 11 is 0. The molecular weight excluding hydrogens is 909 g/mol. The molecule has 1 aliphatic carbocycles. The van der Waals surface area contributed by atoms with Gasteiger partial charge in [-0.3, -0.25) is 0 Å². The Hall–Kier alpha value is -9.76. The third kappa shape index (κ3) is 6.21. The minimum atomic E-state index is -0.467. The van der Waals surface area contributed by atoms with E-state index in [1.54, 1.807) is 0 Å². The van der Waals surface area contributed by atoms with Crippen LogP contribution in [0, 0.1) is 0 Å². The number of rotatable bonds is 6. The minimum absolute atomic E-state index is 0.467. The van der Waals surface area contributed by atoms with E-state index < -0.39 is 5.41 Å². The van der Waals surface area contributed by atoms with Crippen molar-refractivity contribution in [1.82, 2.24) is 0 Å². The number of furan rings is 2. The second kappa shape index (κ2) is 16.1. The largest absolute Gasteiger partial charge is 0.452 e. The zero-order chi connectivity index (χ0) is 49.2. The molecule has 0 N–H and O–H groups in total. The smallest absolute Gasteiger partial charge is 0.178 e. The van der Waals surface area contributed by atoms with Crippen molar-refractivity contribution in [3.63, 3.8) is 0 Å². The molecule has 2 heteroatoms. The molecule has 0 radical (unpaired) electrons. The molecule has 1 aliphatic rings. The van der Waals surface area contributed by atoms with Gasteiger partial charge in [0.25, 0.3) is 0 Å². The molecule has 15 aromatic rings. The van der Waals surface area contributed by atoms with Gasteiger partial charge in [-0.25, -0.2) is 0 Å². The van der Waals surface area contributed by atoms with Gasteiger partial charge in [-0.05, 0) is 171 Å². The summed E-state index contributed by atoms with van der Waals surface area (Å²) in [6, 6.07) is 97.8. The molecule has 2 nitrogen and oxygen atoms in total. The van der Waals surface area contributed by atoms with E-state index in [-0.39, 0.29) is 0 Å². The average molecular weight is 953 g/mol. The molecule has 2 heterocycles. The fourth-order valence-corrected chi connectivity index (χ4v) is 12.9. The van der Waals surface area contributed by atoms with Crippen LogP contribution in [0.15, 0.2) is 276 Å². The molecular formula is C73H44O2. The summed E-state index contributed by atoms with van der Waals surface area (Å²) in [5.74, 6) is 0. The molecule has 13 aromatic carbocycles. The van der Waals surface area contributed by atoms with Crippen LogP contribution < -0.4 is 0 Å². The van der Waals surface area contributed by atoms with Crippen LogP contribution >= 0.6 is 0 Å². The van der Waals surface area contributed by atoms with E-state index in [1.807, 2.05) is 0 Å². The summed E-state index contributed by atoms with van der Waals surface area (Å²) in [5, 5.41) is 11.9. The Labute approximate surface area is 433 Å². The maximum atomic E-state index is 6.74. The molecule has 0 fully saturated rings. The lowest BCUT2D eigenvalue weighted by molar-refractivity contribution is 0.633. The quantitative estimate of drug-likeness (QED) is 0.155. The fraction of sp³-hybridized carbons (Fsp3) is 0.0137. The Kier molecular flexibility index (Phi) is 8.99. The predicted octanol–water partition coefficient (Wildman–Crippen LogP) is 20.0. The maximum absolute atomic E-state index is 6.74. The molecule has 0 unspecified atom stereocenters. The van der Waals surface area contributed by atoms with Crippen molar-refractivity contribution in [2.45, 2.75) is 5.41 Å². The maximum Gasteiger partial charge on any atom is 0.178 e. The van der Waals surface area contributed by atoms with E-state index >= 15 is 0 Å². The zero-order valence-electron chi connectivity index (χ0n) is 40.7. The first-order valence-electron chi connectivity index (χ1n) is 25.9. The van der Waals surface area contributed by atoms with Crippen LogP contribution in [0.2, 0.25) is 0 Å². The van der Waals surface area contributed by atoms with Gasteiger partial charge in [-0.15, -0.1) is 0 Å². The highest BCUT2D eigenvalue weighted by Crippen LogP contribution is 2.57. The molecule has 16 rings (SSSR count). The number of hydrogen-bond donors (Lipinski definition) is 0. The first kappa shape index (κ1) is 41.8. The van der Waals surface area contributed by atoms with Crippen molar-refractivity contribution < 1.29 is 8.83 Å². The minimum Gasteiger partial charge on any atom is -0.452 e. The van der Waals surface area contributed by atoms with E-state index in [2.05, 4.69) is 267 Å². The number of benzene rings is 13. The van der Waals surface area contributed by atoms with Gasteiger partial charge in [0, 0.05) is 21.5 Å². The van der Waals surface area contributed by atoms with Gasteiger partial charge in [-0.2, -0.15) is 0 Å². The van der Waals surface area contributed by atoms with Crippen LogP contribution in [0.3, 0.4) is 0 Å². The standard InChI is InChI=1S/C73H44O2/c1-3-19-53(20-4-1)73(54-21-5-2-6-22-54)67-28-12-11-27-60(67)61-34-30-52(44-68(61)73)51-32-38-70-66(43-51)63-36-35-62-65-42-50(31-37-69(65)74-71(62)72(63)75-70)48-18-14-16-46(40-48)45-15-13-17-47(39-45)49-29-33-59-57-25-8-7-23-55(57)56-24-9-10-26-58(56)64(59)41-49/h1-44H. The van der Waals surface area contributed by atoms with Crippen molar-refractivity contribution in [3.05, 3.63) is 289 Å². The van der Waals surface area contributed by atoms with Crippen LogP contribution in [0.25, 0.3) is 132 Å². The Bertz CT molecular complexity index is 4750. The summed E-state index contributed by atoms with van der Waals surface area (Å²) in [4.78, 5) is 0. The average Bonchev–Trinajstić information content (AvgIpc) is 4.18. The summed E-state index contributed by atoms with van der Waals surface area (Å²) in [5.41, 5.74) is 19.7. The van der Waals surface area contributed by atoms with Crippen molar-refractivity contribution >= 4 is 76.2 Å². The van der Waals surface area contributed by atoms with Crippen LogP contribution in [0.1, 0.15) is 22.3 Å². The summed E-state index contributed by atoms with van der Waals surface area (Å²) in [6.45, 7) is 0. The lowest BCUT2D eigenvalue weighted by Gasteiger charge is -2.34. The molecule has 0 amide bonds.